The second-order valence-electron chi connectivity index (χ2n) is 5.15. The molecule has 0 bridgehead atoms. The Balaban J connectivity index is 0.000000771. The van der Waals surface area contributed by atoms with E-state index in [4.69, 9.17) is 0 Å². The first kappa shape index (κ1) is 15.2. The molecule has 0 unspecified atom stereocenters. The highest BCUT2D eigenvalue weighted by molar-refractivity contribution is 5.03. The molecule has 18 heavy (non-hydrogen) atoms. The van der Waals surface area contributed by atoms with Gasteiger partial charge >= 0.3 is 0 Å². The van der Waals surface area contributed by atoms with Gasteiger partial charge in [-0.1, -0.05) is 26.8 Å². The number of hydrogen-bond donors (Lipinski definition) is 0. The summed E-state index contributed by atoms with van der Waals surface area (Å²) in [6, 6.07) is 6.92. The molecule has 0 aromatic carbocycles. The molecule has 2 rings (SSSR count). The molecule has 0 amide bonds. The fraction of sp³-hybridized carbons (Fsp3) is 0.688. The molecule has 1 aliphatic carbocycles. The maximum Gasteiger partial charge on any atom is 0.0543 e. The molecule has 1 aromatic rings. The van der Waals surface area contributed by atoms with Crippen molar-refractivity contribution in [3.63, 3.8) is 0 Å². The van der Waals surface area contributed by atoms with Gasteiger partial charge in [0.25, 0.3) is 0 Å². The van der Waals surface area contributed by atoms with Gasteiger partial charge < -0.3 is 0 Å². The van der Waals surface area contributed by atoms with Crippen LogP contribution in [0.1, 0.15) is 52.1 Å². The first-order chi connectivity index (χ1) is 8.75. The standard InChI is InChI=1S/C14H22N2.C2H6/c1-12-6-8-14(9-7-12)16(2)11-13-5-3-4-10-15-13;1-2/h3-5,10,12,14H,6-9,11H2,1-2H3;1-2H3. The Labute approximate surface area is 112 Å². The van der Waals surface area contributed by atoms with Crippen LogP contribution in [0, 0.1) is 5.92 Å². The van der Waals surface area contributed by atoms with Crippen molar-refractivity contribution in [1.82, 2.24) is 9.88 Å². The smallest absolute Gasteiger partial charge is 0.0543 e. The van der Waals surface area contributed by atoms with Gasteiger partial charge in [-0.2, -0.15) is 0 Å². The molecule has 0 radical (unpaired) electrons. The molecule has 0 atom stereocenters. The van der Waals surface area contributed by atoms with Crippen molar-refractivity contribution in [3.8, 4) is 0 Å². The van der Waals surface area contributed by atoms with Crippen LogP contribution in [0.3, 0.4) is 0 Å². The molecule has 0 saturated heterocycles. The summed E-state index contributed by atoms with van der Waals surface area (Å²) in [4.78, 5) is 6.85. The molecule has 1 fully saturated rings. The van der Waals surface area contributed by atoms with Crippen LogP contribution in [-0.2, 0) is 6.54 Å². The van der Waals surface area contributed by atoms with Gasteiger partial charge in [0, 0.05) is 18.8 Å². The Morgan fingerprint density at radius 2 is 1.83 bits per heavy atom. The van der Waals surface area contributed by atoms with E-state index in [-0.39, 0.29) is 0 Å². The lowest BCUT2D eigenvalue weighted by molar-refractivity contribution is 0.162. The molecule has 0 spiro atoms. The average Bonchev–Trinajstić information content (AvgIpc) is 2.43. The van der Waals surface area contributed by atoms with E-state index in [1.807, 2.05) is 26.1 Å². The second kappa shape index (κ2) is 8.25. The number of pyridine rings is 1. The Hall–Kier alpha value is -0.890. The zero-order chi connectivity index (χ0) is 13.4. The van der Waals surface area contributed by atoms with Gasteiger partial charge in [0.05, 0.1) is 5.69 Å². The molecular formula is C16H28N2. The average molecular weight is 248 g/mol. The molecule has 2 heteroatoms. The van der Waals surface area contributed by atoms with E-state index in [9.17, 15) is 0 Å². The van der Waals surface area contributed by atoms with E-state index >= 15 is 0 Å². The van der Waals surface area contributed by atoms with Gasteiger partial charge in [0.1, 0.15) is 0 Å². The predicted molar refractivity (Wildman–Crippen MR) is 78.5 cm³/mol. The third kappa shape index (κ3) is 4.77. The normalized spacial score (nSPS) is 23.4. The first-order valence-corrected chi connectivity index (χ1v) is 7.36. The maximum atomic E-state index is 4.39. The summed E-state index contributed by atoms with van der Waals surface area (Å²) in [5.74, 6) is 0.930. The number of rotatable bonds is 3. The minimum Gasteiger partial charge on any atom is -0.298 e. The van der Waals surface area contributed by atoms with Crippen LogP contribution in [0.2, 0.25) is 0 Å². The minimum atomic E-state index is 0.762. The number of aromatic nitrogens is 1. The lowest BCUT2D eigenvalue weighted by Crippen LogP contribution is -2.34. The number of hydrogen-bond acceptors (Lipinski definition) is 2. The zero-order valence-corrected chi connectivity index (χ0v) is 12.4. The van der Waals surface area contributed by atoms with Crippen LogP contribution in [0.15, 0.2) is 24.4 Å². The van der Waals surface area contributed by atoms with Crippen molar-refractivity contribution in [1.29, 1.82) is 0 Å². The molecule has 1 saturated carbocycles. The summed E-state index contributed by atoms with van der Waals surface area (Å²) < 4.78 is 0. The van der Waals surface area contributed by atoms with Crippen LogP contribution >= 0.6 is 0 Å². The third-order valence-electron chi connectivity index (χ3n) is 3.75. The van der Waals surface area contributed by atoms with Gasteiger partial charge in [0.15, 0.2) is 0 Å². The summed E-state index contributed by atoms with van der Waals surface area (Å²) in [6.07, 6.45) is 7.36. The summed E-state index contributed by atoms with van der Waals surface area (Å²) in [5, 5.41) is 0. The van der Waals surface area contributed by atoms with Crippen LogP contribution in [-0.4, -0.2) is 23.0 Å². The van der Waals surface area contributed by atoms with Gasteiger partial charge in [-0.05, 0) is 50.8 Å². The van der Waals surface area contributed by atoms with E-state index < -0.39 is 0 Å². The predicted octanol–water partition coefficient (Wildman–Crippen LogP) is 4.12. The Morgan fingerprint density at radius 1 is 1.17 bits per heavy atom. The minimum absolute atomic E-state index is 0.762. The van der Waals surface area contributed by atoms with Crippen molar-refractivity contribution in [3.05, 3.63) is 30.1 Å². The van der Waals surface area contributed by atoms with Crippen LogP contribution in [0.25, 0.3) is 0 Å². The highest BCUT2D eigenvalue weighted by Crippen LogP contribution is 2.26. The van der Waals surface area contributed by atoms with Crippen LogP contribution < -0.4 is 0 Å². The largest absolute Gasteiger partial charge is 0.298 e. The maximum absolute atomic E-state index is 4.39. The summed E-state index contributed by atoms with van der Waals surface area (Å²) in [6.45, 7) is 7.36. The van der Waals surface area contributed by atoms with E-state index in [0.717, 1.165) is 18.5 Å². The SMILES string of the molecule is CC.CC1CCC(N(C)Cc2ccccn2)CC1. The van der Waals surface area contributed by atoms with Crippen molar-refractivity contribution in [2.24, 2.45) is 5.92 Å². The second-order valence-corrected chi connectivity index (χ2v) is 5.15. The molecule has 1 aliphatic rings. The van der Waals surface area contributed by atoms with E-state index in [0.29, 0.717) is 0 Å². The van der Waals surface area contributed by atoms with Gasteiger partial charge in [-0.3, -0.25) is 9.88 Å². The van der Waals surface area contributed by atoms with Crippen molar-refractivity contribution >= 4 is 0 Å². The van der Waals surface area contributed by atoms with E-state index in [1.165, 1.54) is 31.4 Å². The Morgan fingerprint density at radius 3 is 2.39 bits per heavy atom. The topological polar surface area (TPSA) is 16.1 Å². The first-order valence-electron chi connectivity index (χ1n) is 7.36. The van der Waals surface area contributed by atoms with E-state index in [2.05, 4.69) is 36.0 Å². The molecule has 102 valence electrons. The van der Waals surface area contributed by atoms with Gasteiger partial charge in [0.2, 0.25) is 0 Å². The zero-order valence-electron chi connectivity index (χ0n) is 12.4. The fourth-order valence-corrected chi connectivity index (χ4v) is 2.56. The summed E-state index contributed by atoms with van der Waals surface area (Å²) in [5.41, 5.74) is 1.18. The lowest BCUT2D eigenvalue weighted by atomic mass is 9.87. The molecule has 1 heterocycles. The highest BCUT2D eigenvalue weighted by Gasteiger charge is 2.21. The molecule has 1 aromatic heterocycles. The molecular weight excluding hydrogens is 220 g/mol. The fourth-order valence-electron chi connectivity index (χ4n) is 2.56. The quantitative estimate of drug-likeness (QED) is 0.800. The lowest BCUT2D eigenvalue weighted by Gasteiger charge is -2.33. The highest BCUT2D eigenvalue weighted by atomic mass is 15.1. The van der Waals surface area contributed by atoms with Gasteiger partial charge in [-0.15, -0.1) is 0 Å². The molecule has 0 N–H and O–H groups in total. The van der Waals surface area contributed by atoms with Crippen LogP contribution in [0.4, 0.5) is 0 Å². The Kier molecular flexibility index (Phi) is 6.96. The monoisotopic (exact) mass is 248 g/mol. The van der Waals surface area contributed by atoms with Crippen molar-refractivity contribution in [2.75, 3.05) is 7.05 Å². The van der Waals surface area contributed by atoms with Crippen LogP contribution in [0.5, 0.6) is 0 Å². The van der Waals surface area contributed by atoms with Crippen molar-refractivity contribution in [2.45, 2.75) is 59.0 Å². The molecule has 0 aliphatic heterocycles. The molecule has 2 nitrogen and oxygen atoms in total. The van der Waals surface area contributed by atoms with Crippen molar-refractivity contribution < 1.29 is 0 Å². The third-order valence-corrected chi connectivity index (χ3v) is 3.75. The van der Waals surface area contributed by atoms with Gasteiger partial charge in [-0.25, -0.2) is 0 Å². The Bertz CT molecular complexity index is 302. The summed E-state index contributed by atoms with van der Waals surface area (Å²) >= 11 is 0. The summed E-state index contributed by atoms with van der Waals surface area (Å²) in [7, 11) is 2.23. The number of nitrogens with zero attached hydrogens (tertiary/aromatic N) is 2. The van der Waals surface area contributed by atoms with E-state index in [1.54, 1.807) is 0 Å².